The summed E-state index contributed by atoms with van der Waals surface area (Å²) in [5.41, 5.74) is 2.71. The fourth-order valence-electron chi connectivity index (χ4n) is 3.73. The van der Waals surface area contributed by atoms with Crippen molar-refractivity contribution in [3.8, 4) is 17.2 Å². The van der Waals surface area contributed by atoms with E-state index in [1.54, 1.807) is 51.7 Å². The molecule has 2 amide bonds. The largest absolute Gasteiger partial charge is 0.493 e. The zero-order valence-electron chi connectivity index (χ0n) is 20.5. The number of nitrogens with one attached hydrogen (secondary N) is 2. The summed E-state index contributed by atoms with van der Waals surface area (Å²) in [4.78, 5) is 27.4. The molecule has 0 unspecified atom stereocenters. The van der Waals surface area contributed by atoms with Crippen LogP contribution in [0.25, 0.3) is 0 Å². The number of hydrogen-bond acceptors (Lipinski definition) is 6. The first-order valence-electron chi connectivity index (χ1n) is 11.1. The highest BCUT2D eigenvalue weighted by molar-refractivity contribution is 6.04. The summed E-state index contributed by atoms with van der Waals surface area (Å²) in [6, 6.07) is 20.3. The minimum atomic E-state index is -0.256. The van der Waals surface area contributed by atoms with Gasteiger partial charge in [0, 0.05) is 18.7 Å². The van der Waals surface area contributed by atoms with Gasteiger partial charge in [-0.1, -0.05) is 48.5 Å². The normalized spacial score (nSPS) is 10.5. The molecule has 2 N–H and O–H groups in total. The summed E-state index contributed by atoms with van der Waals surface area (Å²) in [6.07, 6.45) is 0. The third-order valence-corrected chi connectivity index (χ3v) is 5.38. The Hall–Kier alpha value is -4.04. The monoisotopic (exact) mass is 477 g/mol. The van der Waals surface area contributed by atoms with Crippen LogP contribution in [0.2, 0.25) is 0 Å². The average Bonchev–Trinajstić information content (AvgIpc) is 2.87. The lowest BCUT2D eigenvalue weighted by molar-refractivity contribution is -0.117. The van der Waals surface area contributed by atoms with Crippen molar-refractivity contribution in [2.45, 2.75) is 13.1 Å². The van der Waals surface area contributed by atoms with Crippen molar-refractivity contribution in [3.63, 3.8) is 0 Å². The van der Waals surface area contributed by atoms with Gasteiger partial charge in [-0.15, -0.1) is 0 Å². The van der Waals surface area contributed by atoms with Crippen molar-refractivity contribution in [3.05, 3.63) is 83.4 Å². The highest BCUT2D eigenvalue weighted by atomic mass is 16.5. The molecule has 3 aromatic rings. The first kappa shape index (κ1) is 25.6. The van der Waals surface area contributed by atoms with Gasteiger partial charge in [-0.05, 0) is 30.8 Å². The van der Waals surface area contributed by atoms with Gasteiger partial charge in [-0.3, -0.25) is 14.5 Å². The predicted molar refractivity (Wildman–Crippen MR) is 135 cm³/mol. The minimum Gasteiger partial charge on any atom is -0.493 e. The van der Waals surface area contributed by atoms with E-state index < -0.39 is 0 Å². The van der Waals surface area contributed by atoms with Gasteiger partial charge in [0.05, 0.1) is 39.1 Å². The Bertz CT molecular complexity index is 1150. The Kier molecular flexibility index (Phi) is 9.09. The summed E-state index contributed by atoms with van der Waals surface area (Å²) in [6.45, 7) is 0.950. The molecule has 0 atom stereocenters. The number of amides is 2. The van der Waals surface area contributed by atoms with Gasteiger partial charge in [0.2, 0.25) is 11.7 Å². The Morgan fingerprint density at radius 3 is 2.20 bits per heavy atom. The summed E-state index contributed by atoms with van der Waals surface area (Å²) < 4.78 is 16.3. The van der Waals surface area contributed by atoms with Crippen LogP contribution >= 0.6 is 0 Å². The maximum atomic E-state index is 12.8. The molecule has 35 heavy (non-hydrogen) atoms. The number of methoxy groups -OCH3 is 3. The standard InChI is InChI=1S/C27H31N3O5/c1-30(17-20-14-15-23(33-2)26(35-4)25(20)34-3)18-24(31)29-22-13-9-8-12-21(22)27(32)28-16-19-10-6-5-7-11-19/h5-15H,16-18H2,1-4H3,(H,28,32)(H,29,31). The van der Waals surface area contributed by atoms with E-state index in [-0.39, 0.29) is 18.4 Å². The number of likely N-dealkylation sites (N-methyl/N-ethyl adjacent to an activating group) is 1. The third-order valence-electron chi connectivity index (χ3n) is 5.38. The zero-order chi connectivity index (χ0) is 25.2. The number of para-hydroxylation sites is 1. The molecule has 184 valence electrons. The van der Waals surface area contributed by atoms with Crippen LogP contribution in [0.3, 0.4) is 0 Å². The zero-order valence-corrected chi connectivity index (χ0v) is 20.5. The van der Waals surface area contributed by atoms with Crippen LogP contribution < -0.4 is 24.8 Å². The fourth-order valence-corrected chi connectivity index (χ4v) is 3.73. The van der Waals surface area contributed by atoms with E-state index in [2.05, 4.69) is 10.6 Å². The number of carbonyl (C=O) groups excluding carboxylic acids is 2. The van der Waals surface area contributed by atoms with Crippen LogP contribution in [0, 0.1) is 0 Å². The van der Waals surface area contributed by atoms with Crippen molar-refractivity contribution in [1.29, 1.82) is 0 Å². The van der Waals surface area contributed by atoms with Gasteiger partial charge >= 0.3 is 0 Å². The number of carbonyl (C=O) groups is 2. The Morgan fingerprint density at radius 1 is 0.829 bits per heavy atom. The Morgan fingerprint density at radius 2 is 1.51 bits per heavy atom. The first-order chi connectivity index (χ1) is 17.0. The van der Waals surface area contributed by atoms with Crippen molar-refractivity contribution < 1.29 is 23.8 Å². The lowest BCUT2D eigenvalue weighted by atomic mass is 10.1. The number of anilines is 1. The molecule has 0 saturated carbocycles. The first-order valence-corrected chi connectivity index (χ1v) is 11.1. The highest BCUT2D eigenvalue weighted by Gasteiger charge is 2.18. The Balaban J connectivity index is 1.63. The fraction of sp³-hybridized carbons (Fsp3) is 0.259. The molecule has 0 heterocycles. The van der Waals surface area contributed by atoms with Crippen molar-refractivity contribution in [2.24, 2.45) is 0 Å². The molecule has 0 aliphatic heterocycles. The molecular formula is C27H31N3O5. The summed E-state index contributed by atoms with van der Waals surface area (Å²) in [5, 5.41) is 5.76. The second kappa shape index (κ2) is 12.4. The van der Waals surface area contributed by atoms with Gasteiger partial charge in [0.1, 0.15) is 0 Å². The quantitative estimate of drug-likeness (QED) is 0.438. The molecule has 0 fully saturated rings. The molecule has 0 spiro atoms. The van der Waals surface area contributed by atoms with Gasteiger partial charge in [0.15, 0.2) is 11.5 Å². The number of ether oxygens (including phenoxy) is 3. The van der Waals surface area contributed by atoms with Crippen molar-refractivity contribution in [1.82, 2.24) is 10.2 Å². The van der Waals surface area contributed by atoms with E-state index in [1.807, 2.05) is 48.3 Å². The van der Waals surface area contributed by atoms with Crippen molar-refractivity contribution in [2.75, 3.05) is 40.2 Å². The maximum absolute atomic E-state index is 12.8. The lowest BCUT2D eigenvalue weighted by Crippen LogP contribution is -2.31. The summed E-state index contributed by atoms with van der Waals surface area (Å²) in [7, 11) is 6.50. The van der Waals surface area contributed by atoms with E-state index in [0.717, 1.165) is 11.1 Å². The van der Waals surface area contributed by atoms with E-state index in [1.165, 1.54) is 0 Å². The van der Waals surface area contributed by atoms with E-state index in [4.69, 9.17) is 14.2 Å². The highest BCUT2D eigenvalue weighted by Crippen LogP contribution is 2.40. The molecule has 8 nitrogen and oxygen atoms in total. The number of rotatable bonds is 11. The number of benzene rings is 3. The predicted octanol–water partition coefficient (Wildman–Crippen LogP) is 3.71. The van der Waals surface area contributed by atoms with E-state index in [9.17, 15) is 9.59 Å². The molecule has 8 heteroatoms. The van der Waals surface area contributed by atoms with Crippen molar-refractivity contribution >= 4 is 17.5 Å². The van der Waals surface area contributed by atoms with Gasteiger partial charge in [-0.25, -0.2) is 0 Å². The second-order valence-corrected chi connectivity index (χ2v) is 7.93. The smallest absolute Gasteiger partial charge is 0.253 e. The van der Waals surface area contributed by atoms with Crippen LogP contribution in [0.15, 0.2) is 66.7 Å². The van der Waals surface area contributed by atoms with Crippen LogP contribution in [-0.4, -0.2) is 51.6 Å². The molecule has 0 aliphatic rings. The van der Waals surface area contributed by atoms with Crippen LogP contribution in [0.1, 0.15) is 21.5 Å². The lowest BCUT2D eigenvalue weighted by Gasteiger charge is -2.20. The minimum absolute atomic E-state index is 0.109. The van der Waals surface area contributed by atoms with Crippen LogP contribution in [-0.2, 0) is 17.9 Å². The second-order valence-electron chi connectivity index (χ2n) is 7.93. The SMILES string of the molecule is COc1ccc(CN(C)CC(=O)Nc2ccccc2C(=O)NCc2ccccc2)c(OC)c1OC. The molecule has 3 aromatic carbocycles. The van der Waals surface area contributed by atoms with Gasteiger partial charge < -0.3 is 24.8 Å². The molecular weight excluding hydrogens is 446 g/mol. The number of hydrogen-bond donors (Lipinski definition) is 2. The van der Waals surface area contributed by atoms with E-state index >= 15 is 0 Å². The molecule has 0 bridgehead atoms. The maximum Gasteiger partial charge on any atom is 0.253 e. The molecule has 0 saturated heterocycles. The molecule has 0 radical (unpaired) electrons. The molecule has 3 rings (SSSR count). The van der Waals surface area contributed by atoms with Crippen LogP contribution in [0.5, 0.6) is 17.2 Å². The van der Waals surface area contributed by atoms with E-state index in [0.29, 0.717) is 41.6 Å². The summed E-state index contributed by atoms with van der Waals surface area (Å²) >= 11 is 0. The van der Waals surface area contributed by atoms with Gasteiger partial charge in [-0.2, -0.15) is 0 Å². The molecule has 0 aliphatic carbocycles. The van der Waals surface area contributed by atoms with Crippen LogP contribution in [0.4, 0.5) is 5.69 Å². The Labute approximate surface area is 205 Å². The average molecular weight is 478 g/mol. The third kappa shape index (κ3) is 6.74. The topological polar surface area (TPSA) is 89.1 Å². The van der Waals surface area contributed by atoms with Gasteiger partial charge in [0.25, 0.3) is 5.91 Å². The number of nitrogens with zero attached hydrogens (tertiary/aromatic N) is 1. The summed E-state index contributed by atoms with van der Waals surface area (Å²) in [5.74, 6) is 1.12. The molecule has 0 aromatic heterocycles.